The maximum atomic E-state index is 6.18. The van der Waals surface area contributed by atoms with Crippen molar-refractivity contribution < 1.29 is 4.74 Å². The van der Waals surface area contributed by atoms with Gasteiger partial charge in [0.25, 0.3) is 0 Å². The van der Waals surface area contributed by atoms with Gasteiger partial charge < -0.3 is 10.5 Å². The van der Waals surface area contributed by atoms with Crippen molar-refractivity contribution in [3.8, 4) is 5.75 Å². The first-order valence-electron chi connectivity index (χ1n) is 5.86. The maximum Gasteiger partial charge on any atom is 0.124 e. The van der Waals surface area contributed by atoms with E-state index >= 15 is 0 Å². The fourth-order valence-corrected chi connectivity index (χ4v) is 2.05. The molecule has 1 rings (SSSR count). The van der Waals surface area contributed by atoms with Crippen LogP contribution in [0.25, 0.3) is 0 Å². The van der Waals surface area contributed by atoms with Gasteiger partial charge in [-0.2, -0.15) is 0 Å². The van der Waals surface area contributed by atoms with Crippen molar-refractivity contribution in [2.24, 2.45) is 5.73 Å². The Labute approximate surface area is 106 Å². The zero-order valence-corrected chi connectivity index (χ0v) is 11.6. The summed E-state index contributed by atoms with van der Waals surface area (Å²) < 4.78 is 6.65. The van der Waals surface area contributed by atoms with Crippen LogP contribution in [-0.2, 0) is 0 Å². The molecule has 0 saturated carbocycles. The lowest BCUT2D eigenvalue weighted by atomic mass is 10.0. The number of hydrogen-bond acceptors (Lipinski definition) is 2. The van der Waals surface area contributed by atoms with Crippen LogP contribution < -0.4 is 10.5 Å². The van der Waals surface area contributed by atoms with E-state index in [-0.39, 0.29) is 6.04 Å². The zero-order valence-electron chi connectivity index (χ0n) is 10.0. The lowest BCUT2D eigenvalue weighted by Crippen LogP contribution is -2.12. The quantitative estimate of drug-likeness (QED) is 0.856. The van der Waals surface area contributed by atoms with Crippen LogP contribution in [0, 0.1) is 0 Å². The van der Waals surface area contributed by atoms with E-state index in [0.29, 0.717) is 6.61 Å². The molecule has 90 valence electrons. The minimum absolute atomic E-state index is 0.0685. The number of unbranched alkanes of at least 4 members (excludes halogenated alkanes) is 1. The van der Waals surface area contributed by atoms with Crippen molar-refractivity contribution in [3.63, 3.8) is 0 Å². The first kappa shape index (κ1) is 13.5. The topological polar surface area (TPSA) is 35.2 Å². The predicted molar refractivity (Wildman–Crippen MR) is 71.8 cm³/mol. The van der Waals surface area contributed by atoms with Crippen molar-refractivity contribution in [2.75, 3.05) is 6.61 Å². The monoisotopic (exact) mass is 285 g/mol. The highest BCUT2D eigenvalue weighted by molar-refractivity contribution is 9.10. The van der Waals surface area contributed by atoms with Crippen LogP contribution in [0.5, 0.6) is 5.75 Å². The molecule has 0 bridgehead atoms. The fraction of sp³-hybridized carbons (Fsp3) is 0.538. The molecule has 0 saturated heterocycles. The Kier molecular flexibility index (Phi) is 5.85. The second kappa shape index (κ2) is 6.92. The molecule has 2 nitrogen and oxygen atoms in total. The Hall–Kier alpha value is -0.540. The van der Waals surface area contributed by atoms with Crippen LogP contribution in [0.3, 0.4) is 0 Å². The summed E-state index contributed by atoms with van der Waals surface area (Å²) in [7, 11) is 0. The van der Waals surface area contributed by atoms with Gasteiger partial charge >= 0.3 is 0 Å². The summed E-state index contributed by atoms with van der Waals surface area (Å²) in [4.78, 5) is 0. The van der Waals surface area contributed by atoms with E-state index in [0.717, 1.165) is 28.6 Å². The maximum absolute atomic E-state index is 6.18. The Morgan fingerprint density at radius 3 is 2.75 bits per heavy atom. The third-order valence-electron chi connectivity index (χ3n) is 2.54. The second-order valence-corrected chi connectivity index (χ2v) is 4.78. The molecule has 0 aromatic heterocycles. The van der Waals surface area contributed by atoms with E-state index in [1.54, 1.807) is 0 Å². The lowest BCUT2D eigenvalue weighted by molar-refractivity contribution is 0.333. The summed E-state index contributed by atoms with van der Waals surface area (Å²) in [6.45, 7) is 4.84. The summed E-state index contributed by atoms with van der Waals surface area (Å²) in [5.41, 5.74) is 7.28. The normalized spacial score (nSPS) is 12.5. The minimum Gasteiger partial charge on any atom is -0.494 e. The van der Waals surface area contributed by atoms with Crippen LogP contribution in [0.4, 0.5) is 0 Å². The van der Waals surface area contributed by atoms with E-state index in [4.69, 9.17) is 10.5 Å². The Bertz CT molecular complexity index is 328. The SMILES string of the molecule is CCCC[C@H](N)c1cc(Br)ccc1OCC. The smallest absolute Gasteiger partial charge is 0.124 e. The highest BCUT2D eigenvalue weighted by Crippen LogP contribution is 2.29. The van der Waals surface area contributed by atoms with Gasteiger partial charge in [-0.3, -0.25) is 0 Å². The van der Waals surface area contributed by atoms with Gasteiger partial charge in [-0.25, -0.2) is 0 Å². The van der Waals surface area contributed by atoms with Crippen LogP contribution >= 0.6 is 15.9 Å². The average Bonchev–Trinajstić information content (AvgIpc) is 2.28. The first-order chi connectivity index (χ1) is 7.69. The molecule has 0 amide bonds. The van der Waals surface area contributed by atoms with Crippen LogP contribution in [-0.4, -0.2) is 6.61 Å². The second-order valence-electron chi connectivity index (χ2n) is 3.86. The number of benzene rings is 1. The number of halogens is 1. The summed E-state index contributed by atoms with van der Waals surface area (Å²) in [6.07, 6.45) is 3.33. The number of rotatable bonds is 6. The summed E-state index contributed by atoms with van der Waals surface area (Å²) >= 11 is 3.47. The van der Waals surface area contributed by atoms with Crippen LogP contribution in [0.15, 0.2) is 22.7 Å². The van der Waals surface area contributed by atoms with E-state index in [1.807, 2.05) is 19.1 Å². The van der Waals surface area contributed by atoms with Gasteiger partial charge in [0.15, 0.2) is 0 Å². The molecule has 1 atom stereocenters. The molecule has 0 aliphatic carbocycles. The van der Waals surface area contributed by atoms with Crippen molar-refractivity contribution in [1.82, 2.24) is 0 Å². The first-order valence-corrected chi connectivity index (χ1v) is 6.66. The van der Waals surface area contributed by atoms with Gasteiger partial charge in [0, 0.05) is 16.1 Å². The predicted octanol–water partition coefficient (Wildman–Crippen LogP) is 4.04. The summed E-state index contributed by atoms with van der Waals surface area (Å²) in [6, 6.07) is 6.10. The molecule has 0 heterocycles. The number of ether oxygens (including phenoxy) is 1. The Morgan fingerprint density at radius 2 is 2.12 bits per heavy atom. The number of nitrogens with two attached hydrogens (primary N) is 1. The van der Waals surface area contributed by atoms with Crippen molar-refractivity contribution >= 4 is 15.9 Å². The van der Waals surface area contributed by atoms with E-state index in [2.05, 4.69) is 28.9 Å². The van der Waals surface area contributed by atoms with Gasteiger partial charge in [0.1, 0.15) is 5.75 Å². The van der Waals surface area contributed by atoms with Gasteiger partial charge in [0.2, 0.25) is 0 Å². The minimum atomic E-state index is 0.0685. The number of hydrogen-bond donors (Lipinski definition) is 1. The van der Waals surface area contributed by atoms with Crippen molar-refractivity contribution in [2.45, 2.75) is 39.2 Å². The van der Waals surface area contributed by atoms with Gasteiger partial charge in [-0.1, -0.05) is 35.7 Å². The lowest BCUT2D eigenvalue weighted by Gasteiger charge is -2.16. The molecule has 16 heavy (non-hydrogen) atoms. The molecular weight excluding hydrogens is 266 g/mol. The molecule has 1 aromatic rings. The molecular formula is C13H20BrNO. The van der Waals surface area contributed by atoms with Crippen molar-refractivity contribution in [1.29, 1.82) is 0 Å². The fourth-order valence-electron chi connectivity index (χ4n) is 1.68. The van der Waals surface area contributed by atoms with Gasteiger partial charge in [0.05, 0.1) is 6.61 Å². The molecule has 0 spiro atoms. The summed E-state index contributed by atoms with van der Waals surface area (Å²) in [5, 5.41) is 0. The van der Waals surface area contributed by atoms with Crippen LogP contribution in [0.2, 0.25) is 0 Å². The average molecular weight is 286 g/mol. The highest BCUT2D eigenvalue weighted by atomic mass is 79.9. The Morgan fingerprint density at radius 1 is 1.38 bits per heavy atom. The third kappa shape index (κ3) is 3.80. The molecule has 0 fully saturated rings. The van der Waals surface area contributed by atoms with Gasteiger partial charge in [-0.05, 0) is 31.5 Å². The molecule has 0 aliphatic heterocycles. The molecule has 2 N–H and O–H groups in total. The third-order valence-corrected chi connectivity index (χ3v) is 3.03. The zero-order chi connectivity index (χ0) is 12.0. The molecule has 1 aromatic carbocycles. The molecule has 3 heteroatoms. The molecule has 0 radical (unpaired) electrons. The highest BCUT2D eigenvalue weighted by Gasteiger charge is 2.12. The summed E-state index contributed by atoms with van der Waals surface area (Å²) in [5.74, 6) is 0.911. The van der Waals surface area contributed by atoms with Crippen molar-refractivity contribution in [3.05, 3.63) is 28.2 Å². The largest absolute Gasteiger partial charge is 0.494 e. The van der Waals surface area contributed by atoms with E-state index in [1.165, 1.54) is 6.42 Å². The van der Waals surface area contributed by atoms with Crippen LogP contribution in [0.1, 0.15) is 44.7 Å². The van der Waals surface area contributed by atoms with Gasteiger partial charge in [-0.15, -0.1) is 0 Å². The molecule has 0 unspecified atom stereocenters. The standard InChI is InChI=1S/C13H20BrNO/c1-3-5-6-12(15)11-9-10(14)7-8-13(11)16-4-2/h7-9,12H,3-6,15H2,1-2H3/t12-/m0/s1. The molecule has 0 aliphatic rings. The van der Waals surface area contributed by atoms with E-state index in [9.17, 15) is 0 Å². The van der Waals surface area contributed by atoms with E-state index < -0.39 is 0 Å². The Balaban J connectivity index is 2.85.